The minimum absolute atomic E-state index is 0.236. The molecule has 5 amide bonds. The Morgan fingerprint density at radius 3 is 2.41 bits per heavy atom. The van der Waals surface area contributed by atoms with Crippen LogP contribution in [0.3, 0.4) is 0 Å². The number of anilines is 1. The minimum atomic E-state index is -0.876. The van der Waals surface area contributed by atoms with Gasteiger partial charge in [0.2, 0.25) is 0 Å². The Hall–Kier alpha value is -3.66. The molecule has 32 heavy (non-hydrogen) atoms. The van der Waals surface area contributed by atoms with Crippen LogP contribution < -0.4 is 25.4 Å². The Morgan fingerprint density at radius 2 is 1.78 bits per heavy atom. The maximum atomic E-state index is 12.3. The van der Waals surface area contributed by atoms with Gasteiger partial charge in [-0.25, -0.2) is 4.79 Å². The molecule has 0 aliphatic carbocycles. The smallest absolute Gasteiger partial charge is 0.328 e. The van der Waals surface area contributed by atoms with Gasteiger partial charge in [-0.3, -0.25) is 25.0 Å². The van der Waals surface area contributed by atoms with Crippen LogP contribution in [-0.4, -0.2) is 37.5 Å². The SMILES string of the molecule is COc1cc(C=C2C(=O)NC(=O)NC2=O)cc(Br)c1OCC(=O)Nc1ccc(C)cc1C. The van der Waals surface area contributed by atoms with Crippen LogP contribution in [0.2, 0.25) is 0 Å². The molecular weight excluding hydrogens is 482 g/mol. The molecule has 1 heterocycles. The van der Waals surface area contributed by atoms with E-state index in [1.807, 2.05) is 42.7 Å². The molecule has 1 saturated heterocycles. The highest BCUT2D eigenvalue weighted by Gasteiger charge is 2.28. The van der Waals surface area contributed by atoms with Gasteiger partial charge < -0.3 is 14.8 Å². The summed E-state index contributed by atoms with van der Waals surface area (Å²) in [6.07, 6.45) is 1.31. The highest BCUT2D eigenvalue weighted by molar-refractivity contribution is 9.10. The maximum absolute atomic E-state index is 12.3. The second-order valence-electron chi connectivity index (χ2n) is 6.98. The number of methoxy groups -OCH3 is 1. The summed E-state index contributed by atoms with van der Waals surface area (Å²) in [4.78, 5) is 47.4. The van der Waals surface area contributed by atoms with E-state index in [4.69, 9.17) is 9.47 Å². The minimum Gasteiger partial charge on any atom is -0.493 e. The van der Waals surface area contributed by atoms with Gasteiger partial charge in [0.25, 0.3) is 17.7 Å². The van der Waals surface area contributed by atoms with Gasteiger partial charge >= 0.3 is 6.03 Å². The molecule has 166 valence electrons. The number of carbonyl (C=O) groups excluding carboxylic acids is 4. The third-order valence-corrected chi connectivity index (χ3v) is 5.10. The van der Waals surface area contributed by atoms with Gasteiger partial charge in [0, 0.05) is 5.69 Å². The molecule has 2 aromatic rings. The van der Waals surface area contributed by atoms with Crippen molar-refractivity contribution in [2.24, 2.45) is 0 Å². The molecule has 0 saturated carbocycles. The van der Waals surface area contributed by atoms with Crippen molar-refractivity contribution in [2.45, 2.75) is 13.8 Å². The normalized spacial score (nSPS) is 13.2. The predicted molar refractivity (Wildman–Crippen MR) is 120 cm³/mol. The lowest BCUT2D eigenvalue weighted by atomic mass is 10.1. The molecule has 0 bridgehead atoms. The van der Waals surface area contributed by atoms with Crippen LogP contribution in [0.5, 0.6) is 11.5 Å². The van der Waals surface area contributed by atoms with Crippen LogP contribution >= 0.6 is 15.9 Å². The maximum Gasteiger partial charge on any atom is 0.328 e. The topological polar surface area (TPSA) is 123 Å². The number of urea groups is 1. The number of carbonyl (C=O) groups is 4. The van der Waals surface area contributed by atoms with Crippen molar-refractivity contribution in [3.8, 4) is 11.5 Å². The zero-order valence-corrected chi connectivity index (χ0v) is 19.1. The van der Waals surface area contributed by atoms with Crippen molar-refractivity contribution in [3.63, 3.8) is 0 Å². The Kier molecular flexibility index (Phi) is 6.94. The number of imide groups is 2. The van der Waals surface area contributed by atoms with E-state index in [1.54, 1.807) is 6.07 Å². The molecule has 1 fully saturated rings. The third-order valence-electron chi connectivity index (χ3n) is 4.51. The number of hydrogen-bond donors (Lipinski definition) is 3. The van der Waals surface area contributed by atoms with E-state index in [2.05, 4.69) is 21.2 Å². The molecule has 3 N–H and O–H groups in total. The molecule has 9 nitrogen and oxygen atoms in total. The van der Waals surface area contributed by atoms with E-state index in [-0.39, 0.29) is 29.6 Å². The molecule has 0 atom stereocenters. The summed E-state index contributed by atoms with van der Waals surface area (Å²) >= 11 is 3.36. The second kappa shape index (κ2) is 9.65. The molecule has 2 aromatic carbocycles. The van der Waals surface area contributed by atoms with E-state index < -0.39 is 17.8 Å². The summed E-state index contributed by atoms with van der Waals surface area (Å²) < 4.78 is 11.4. The molecular formula is C22H20BrN3O6. The highest BCUT2D eigenvalue weighted by atomic mass is 79.9. The van der Waals surface area contributed by atoms with Crippen LogP contribution in [0.4, 0.5) is 10.5 Å². The predicted octanol–water partition coefficient (Wildman–Crippen LogP) is 2.84. The summed E-state index contributed by atoms with van der Waals surface area (Å²) in [5, 5.41) is 6.81. The summed E-state index contributed by atoms with van der Waals surface area (Å²) in [5.74, 6) is -1.41. The number of aryl methyl sites for hydroxylation is 2. The number of rotatable bonds is 6. The number of barbiturate groups is 1. The first-order chi connectivity index (χ1) is 15.2. The standard InChI is InChI=1S/C22H20BrN3O6/c1-11-4-5-16(12(2)6-11)24-18(27)10-32-19-15(23)8-13(9-17(19)31-3)7-14-20(28)25-22(30)26-21(14)29/h4-9H,10H2,1-3H3,(H,24,27)(H2,25,26,28,29,30). The van der Waals surface area contributed by atoms with Gasteiger partial charge in [-0.15, -0.1) is 0 Å². The van der Waals surface area contributed by atoms with Crippen molar-refractivity contribution < 1.29 is 28.7 Å². The van der Waals surface area contributed by atoms with E-state index in [0.717, 1.165) is 11.1 Å². The van der Waals surface area contributed by atoms with Crippen molar-refractivity contribution in [1.29, 1.82) is 0 Å². The number of ether oxygens (including phenoxy) is 2. The monoisotopic (exact) mass is 501 g/mol. The number of nitrogens with one attached hydrogen (secondary N) is 3. The van der Waals surface area contributed by atoms with E-state index in [0.29, 0.717) is 15.7 Å². The van der Waals surface area contributed by atoms with E-state index in [9.17, 15) is 19.2 Å². The van der Waals surface area contributed by atoms with Gasteiger partial charge in [0.05, 0.1) is 11.6 Å². The van der Waals surface area contributed by atoms with Gasteiger partial charge in [-0.05, 0) is 65.2 Å². The zero-order valence-electron chi connectivity index (χ0n) is 17.5. The fraction of sp³-hybridized carbons (Fsp3) is 0.182. The molecule has 0 unspecified atom stereocenters. The Balaban J connectivity index is 1.76. The average Bonchev–Trinajstić information content (AvgIpc) is 2.71. The van der Waals surface area contributed by atoms with Crippen molar-refractivity contribution in [2.75, 3.05) is 19.0 Å². The fourth-order valence-electron chi connectivity index (χ4n) is 3.01. The molecule has 10 heteroatoms. The van der Waals surface area contributed by atoms with Crippen LogP contribution in [0.15, 0.2) is 40.4 Å². The van der Waals surface area contributed by atoms with Crippen LogP contribution in [0, 0.1) is 13.8 Å². The summed E-state index contributed by atoms with van der Waals surface area (Å²) in [6, 6.07) is 7.94. The van der Waals surface area contributed by atoms with Gasteiger partial charge in [-0.1, -0.05) is 17.7 Å². The molecule has 1 aliphatic heterocycles. The van der Waals surface area contributed by atoms with Crippen LogP contribution in [-0.2, 0) is 14.4 Å². The Morgan fingerprint density at radius 1 is 1.09 bits per heavy atom. The van der Waals surface area contributed by atoms with Crippen molar-refractivity contribution in [3.05, 3.63) is 57.1 Å². The van der Waals surface area contributed by atoms with Crippen LogP contribution in [0.25, 0.3) is 6.08 Å². The Bertz CT molecular complexity index is 1140. The van der Waals surface area contributed by atoms with Gasteiger partial charge in [-0.2, -0.15) is 0 Å². The highest BCUT2D eigenvalue weighted by Crippen LogP contribution is 2.37. The third kappa shape index (κ3) is 5.33. The summed E-state index contributed by atoms with van der Waals surface area (Å²) in [5.41, 5.74) is 2.93. The lowest BCUT2D eigenvalue weighted by Gasteiger charge is -2.16. The molecule has 0 radical (unpaired) electrons. The summed E-state index contributed by atoms with van der Waals surface area (Å²) in [6.45, 7) is 3.60. The zero-order chi connectivity index (χ0) is 23.4. The van der Waals surface area contributed by atoms with E-state index >= 15 is 0 Å². The lowest BCUT2D eigenvalue weighted by Crippen LogP contribution is -2.51. The average molecular weight is 502 g/mol. The van der Waals surface area contributed by atoms with Gasteiger partial charge in [0.15, 0.2) is 18.1 Å². The first kappa shape index (κ1) is 23.0. The second-order valence-corrected chi connectivity index (χ2v) is 7.84. The molecule has 1 aliphatic rings. The lowest BCUT2D eigenvalue weighted by molar-refractivity contribution is -0.124. The van der Waals surface area contributed by atoms with Crippen molar-refractivity contribution >= 4 is 51.4 Å². The van der Waals surface area contributed by atoms with E-state index in [1.165, 1.54) is 19.3 Å². The molecule has 0 spiro atoms. The largest absolute Gasteiger partial charge is 0.493 e. The summed E-state index contributed by atoms with van der Waals surface area (Å²) in [7, 11) is 1.42. The number of amides is 5. The quantitative estimate of drug-likeness (QED) is 0.413. The first-order valence-corrected chi connectivity index (χ1v) is 10.2. The number of halogens is 1. The van der Waals surface area contributed by atoms with Gasteiger partial charge in [0.1, 0.15) is 5.57 Å². The molecule has 0 aromatic heterocycles. The number of benzene rings is 2. The Labute approximate surface area is 192 Å². The fourth-order valence-corrected chi connectivity index (χ4v) is 3.59. The van der Waals surface area contributed by atoms with Crippen molar-refractivity contribution in [1.82, 2.24) is 10.6 Å². The molecule has 3 rings (SSSR count). The number of hydrogen-bond acceptors (Lipinski definition) is 6. The first-order valence-electron chi connectivity index (χ1n) is 9.43. The van der Waals surface area contributed by atoms with Crippen LogP contribution in [0.1, 0.15) is 16.7 Å².